The number of amides is 1. The van der Waals surface area contributed by atoms with E-state index in [1.165, 1.54) is 18.5 Å². The van der Waals surface area contributed by atoms with Gasteiger partial charge in [-0.25, -0.2) is 9.37 Å². The molecule has 120 valence electrons. The molecule has 1 aliphatic carbocycles. The van der Waals surface area contributed by atoms with Gasteiger partial charge in [0.1, 0.15) is 11.3 Å². The molecule has 7 heteroatoms. The Morgan fingerprint density at radius 3 is 3.00 bits per heavy atom. The van der Waals surface area contributed by atoms with Crippen LogP contribution in [-0.4, -0.2) is 44.9 Å². The van der Waals surface area contributed by atoms with Crippen LogP contribution in [0.1, 0.15) is 29.6 Å². The second-order valence-electron chi connectivity index (χ2n) is 6.49. The zero-order valence-corrected chi connectivity index (χ0v) is 12.4. The van der Waals surface area contributed by atoms with Crippen LogP contribution < -0.4 is 0 Å². The van der Waals surface area contributed by atoms with Gasteiger partial charge in [0.25, 0.3) is 5.91 Å². The molecule has 1 aromatic heterocycles. The molecule has 0 unspecified atom stereocenters. The number of carboxylic acid groups (broad SMARTS) is 1. The molecule has 1 saturated carbocycles. The Kier molecular flexibility index (Phi) is 2.94. The number of carbonyl (C=O) groups is 2. The molecule has 23 heavy (non-hydrogen) atoms. The van der Waals surface area contributed by atoms with E-state index in [9.17, 15) is 19.1 Å². The number of imidazole rings is 1. The second-order valence-corrected chi connectivity index (χ2v) is 6.49. The van der Waals surface area contributed by atoms with Crippen LogP contribution in [0.3, 0.4) is 0 Å². The number of nitrogens with one attached hydrogen (secondary N) is 1. The van der Waals surface area contributed by atoms with Crippen LogP contribution in [0.25, 0.3) is 11.0 Å². The van der Waals surface area contributed by atoms with Crippen molar-refractivity contribution in [1.82, 2.24) is 14.9 Å². The molecule has 2 aliphatic rings. The molecule has 2 heterocycles. The van der Waals surface area contributed by atoms with Crippen molar-refractivity contribution in [3.8, 4) is 0 Å². The fourth-order valence-electron chi connectivity index (χ4n) is 4.14. The number of carbonyl (C=O) groups excluding carboxylic acids is 1. The van der Waals surface area contributed by atoms with Crippen molar-refractivity contribution in [1.29, 1.82) is 0 Å². The monoisotopic (exact) mass is 317 g/mol. The summed E-state index contributed by atoms with van der Waals surface area (Å²) in [5, 5.41) is 9.61. The molecule has 1 aromatic carbocycles. The van der Waals surface area contributed by atoms with Gasteiger partial charge in [0, 0.05) is 13.1 Å². The minimum absolute atomic E-state index is 0.0211. The van der Waals surface area contributed by atoms with Crippen LogP contribution in [0.4, 0.5) is 4.39 Å². The maximum atomic E-state index is 13.7. The van der Waals surface area contributed by atoms with Crippen molar-refractivity contribution in [3.63, 3.8) is 0 Å². The number of likely N-dealkylation sites (tertiary alicyclic amines) is 1. The van der Waals surface area contributed by atoms with Gasteiger partial charge in [0.2, 0.25) is 0 Å². The molecule has 2 N–H and O–H groups in total. The first kappa shape index (κ1) is 14.2. The lowest BCUT2D eigenvalue weighted by Crippen LogP contribution is -2.37. The largest absolute Gasteiger partial charge is 0.481 e. The number of benzene rings is 1. The van der Waals surface area contributed by atoms with Gasteiger partial charge in [-0.3, -0.25) is 9.59 Å². The summed E-state index contributed by atoms with van der Waals surface area (Å²) in [6.07, 6.45) is 3.70. The number of rotatable bonds is 2. The third-order valence-corrected chi connectivity index (χ3v) is 5.30. The number of fused-ring (bicyclic) bond motifs is 2. The third-order valence-electron chi connectivity index (χ3n) is 5.30. The Balaban J connectivity index is 1.70. The fourth-order valence-corrected chi connectivity index (χ4v) is 4.14. The number of aromatic amines is 1. The van der Waals surface area contributed by atoms with Gasteiger partial charge in [-0.05, 0) is 30.9 Å². The summed E-state index contributed by atoms with van der Waals surface area (Å²) in [5.41, 5.74) is 0.216. The highest BCUT2D eigenvalue weighted by Crippen LogP contribution is 2.49. The van der Waals surface area contributed by atoms with E-state index in [0.717, 1.165) is 12.8 Å². The smallest absolute Gasteiger partial charge is 0.311 e. The normalized spacial score (nSPS) is 26.7. The highest BCUT2D eigenvalue weighted by molar-refractivity contribution is 6.05. The molecule has 1 saturated heterocycles. The Bertz CT molecular complexity index is 818. The summed E-state index contributed by atoms with van der Waals surface area (Å²) in [6.45, 7) is 0.599. The van der Waals surface area contributed by atoms with Gasteiger partial charge in [0.15, 0.2) is 0 Å². The van der Waals surface area contributed by atoms with Crippen molar-refractivity contribution in [3.05, 3.63) is 29.8 Å². The van der Waals surface area contributed by atoms with Crippen LogP contribution >= 0.6 is 0 Å². The van der Waals surface area contributed by atoms with Crippen LogP contribution in [0.5, 0.6) is 0 Å². The standard InChI is InChI=1S/C16H16FN3O3/c17-10-4-11(13-12(5-10)18-8-19-13)14(21)20-6-9-2-1-3-16(9,7-20)15(22)23/h4-5,8-9H,1-3,6-7H2,(H,18,19)(H,22,23)/t9-,16+/m0/s1. The molecule has 2 atom stereocenters. The van der Waals surface area contributed by atoms with Crippen molar-refractivity contribution in [2.45, 2.75) is 19.3 Å². The number of aromatic nitrogens is 2. The molecule has 4 rings (SSSR count). The number of hydrogen-bond donors (Lipinski definition) is 2. The van der Waals surface area contributed by atoms with Crippen LogP contribution in [0, 0.1) is 17.2 Å². The Morgan fingerprint density at radius 1 is 1.43 bits per heavy atom. The zero-order chi connectivity index (χ0) is 16.2. The third kappa shape index (κ3) is 1.95. The van der Waals surface area contributed by atoms with Crippen molar-refractivity contribution in [2.75, 3.05) is 13.1 Å². The molecule has 2 aromatic rings. The van der Waals surface area contributed by atoms with E-state index in [2.05, 4.69) is 9.97 Å². The number of nitrogens with zero attached hydrogens (tertiary/aromatic N) is 2. The molecule has 0 bridgehead atoms. The van der Waals surface area contributed by atoms with Crippen LogP contribution in [0.15, 0.2) is 18.5 Å². The Hall–Kier alpha value is -2.44. The van der Waals surface area contributed by atoms with E-state index in [0.29, 0.717) is 24.0 Å². The highest BCUT2D eigenvalue weighted by Gasteiger charge is 2.55. The molecule has 2 fully saturated rings. The van der Waals surface area contributed by atoms with Crippen molar-refractivity contribution in [2.24, 2.45) is 11.3 Å². The van der Waals surface area contributed by atoms with E-state index >= 15 is 0 Å². The summed E-state index contributed by atoms with van der Waals surface area (Å²) in [4.78, 5) is 33.0. The molecule has 1 amide bonds. The lowest BCUT2D eigenvalue weighted by molar-refractivity contribution is -0.149. The lowest BCUT2D eigenvalue weighted by atomic mass is 9.81. The summed E-state index contributed by atoms with van der Waals surface area (Å²) in [6, 6.07) is 2.46. The molecular formula is C16H16FN3O3. The number of carboxylic acids is 1. The number of hydrogen-bond acceptors (Lipinski definition) is 3. The van der Waals surface area contributed by atoms with Crippen LogP contribution in [-0.2, 0) is 4.79 Å². The van der Waals surface area contributed by atoms with Gasteiger partial charge in [-0.2, -0.15) is 0 Å². The average Bonchev–Trinajstić information content (AvgIpc) is 3.18. The average molecular weight is 317 g/mol. The van der Waals surface area contributed by atoms with E-state index in [1.54, 1.807) is 4.90 Å². The highest BCUT2D eigenvalue weighted by atomic mass is 19.1. The van der Waals surface area contributed by atoms with E-state index < -0.39 is 17.2 Å². The minimum atomic E-state index is -0.840. The zero-order valence-electron chi connectivity index (χ0n) is 12.4. The quantitative estimate of drug-likeness (QED) is 0.887. The van der Waals surface area contributed by atoms with Crippen molar-refractivity contribution < 1.29 is 19.1 Å². The SMILES string of the molecule is O=C(c1cc(F)cc2[nH]cnc12)N1C[C@@H]2CCC[C@@]2(C(=O)O)C1. The number of aliphatic carboxylic acids is 1. The van der Waals surface area contributed by atoms with Crippen LogP contribution in [0.2, 0.25) is 0 Å². The first-order valence-electron chi connectivity index (χ1n) is 7.66. The first-order valence-corrected chi connectivity index (χ1v) is 7.66. The molecule has 6 nitrogen and oxygen atoms in total. The maximum absolute atomic E-state index is 13.7. The van der Waals surface area contributed by atoms with Gasteiger partial charge < -0.3 is 15.0 Å². The Labute approximate surface area is 131 Å². The van der Waals surface area contributed by atoms with Gasteiger partial charge in [-0.15, -0.1) is 0 Å². The Morgan fingerprint density at radius 2 is 2.26 bits per heavy atom. The molecule has 0 spiro atoms. The number of H-pyrrole nitrogens is 1. The van der Waals surface area contributed by atoms with E-state index in [4.69, 9.17) is 0 Å². The summed E-state index contributed by atoms with van der Waals surface area (Å²) in [5.74, 6) is -1.72. The first-order chi connectivity index (χ1) is 11.0. The molecular weight excluding hydrogens is 301 g/mol. The second kappa shape index (κ2) is 4.78. The summed E-state index contributed by atoms with van der Waals surface area (Å²) < 4.78 is 13.7. The van der Waals surface area contributed by atoms with Gasteiger partial charge >= 0.3 is 5.97 Å². The number of halogens is 1. The summed E-state index contributed by atoms with van der Waals surface area (Å²) in [7, 11) is 0. The topological polar surface area (TPSA) is 86.3 Å². The minimum Gasteiger partial charge on any atom is -0.481 e. The van der Waals surface area contributed by atoms with E-state index in [-0.39, 0.29) is 23.9 Å². The lowest BCUT2D eigenvalue weighted by Gasteiger charge is -2.23. The predicted octanol–water partition coefficient (Wildman–Crippen LogP) is 2.03. The molecule has 1 aliphatic heterocycles. The maximum Gasteiger partial charge on any atom is 0.311 e. The van der Waals surface area contributed by atoms with Gasteiger partial charge in [0.05, 0.1) is 22.8 Å². The fraction of sp³-hybridized carbons (Fsp3) is 0.438. The predicted molar refractivity (Wildman–Crippen MR) is 79.4 cm³/mol. The van der Waals surface area contributed by atoms with E-state index in [1.807, 2.05) is 0 Å². The van der Waals surface area contributed by atoms with Crippen molar-refractivity contribution >= 4 is 22.9 Å². The molecule has 0 radical (unpaired) electrons. The van der Waals surface area contributed by atoms with Gasteiger partial charge in [-0.1, -0.05) is 6.42 Å². The summed E-state index contributed by atoms with van der Waals surface area (Å²) >= 11 is 0.